The van der Waals surface area contributed by atoms with Crippen LogP contribution in [0.5, 0.6) is 5.88 Å². The number of H-pyrrole nitrogens is 1. The third-order valence-electron chi connectivity index (χ3n) is 2.65. The van der Waals surface area contributed by atoms with Gasteiger partial charge in [-0.25, -0.2) is 19.9 Å². The number of carbonyl (C=O) groups is 1. The number of ether oxygens (including phenoxy) is 2. The number of thiazole rings is 1. The van der Waals surface area contributed by atoms with Crippen LogP contribution in [0.4, 0.5) is 0 Å². The monoisotopic (exact) mass is 304 g/mol. The highest BCUT2D eigenvalue weighted by atomic mass is 32.1. The summed E-state index contributed by atoms with van der Waals surface area (Å²) in [6.07, 6.45) is 3.10. The van der Waals surface area contributed by atoms with Gasteiger partial charge in [0, 0.05) is 6.20 Å². The van der Waals surface area contributed by atoms with Crippen LogP contribution >= 0.6 is 11.3 Å². The van der Waals surface area contributed by atoms with Gasteiger partial charge in [-0.05, 0) is 19.1 Å². The minimum atomic E-state index is -0.466. The second kappa shape index (κ2) is 5.88. The molecule has 0 bridgehead atoms. The smallest absolute Gasteiger partial charge is 0.345 e. The quantitative estimate of drug-likeness (QED) is 0.726. The van der Waals surface area contributed by atoms with Crippen LogP contribution in [0, 0.1) is 0 Å². The molecule has 108 valence electrons. The molecule has 8 heteroatoms. The van der Waals surface area contributed by atoms with Gasteiger partial charge in [-0.3, -0.25) is 0 Å². The van der Waals surface area contributed by atoms with Crippen molar-refractivity contribution in [2.24, 2.45) is 0 Å². The minimum Gasteiger partial charge on any atom is -0.470 e. The van der Waals surface area contributed by atoms with E-state index in [1.165, 1.54) is 17.5 Å². The maximum atomic E-state index is 11.7. The summed E-state index contributed by atoms with van der Waals surface area (Å²) in [6.45, 7) is 2.27. The maximum Gasteiger partial charge on any atom is 0.345 e. The lowest BCUT2D eigenvalue weighted by atomic mass is 10.3. The molecule has 0 spiro atoms. The van der Waals surface area contributed by atoms with Gasteiger partial charge in [0.1, 0.15) is 27.5 Å². The van der Waals surface area contributed by atoms with Crippen LogP contribution in [-0.2, 0) is 11.3 Å². The molecule has 0 fully saturated rings. The van der Waals surface area contributed by atoms with Gasteiger partial charge < -0.3 is 9.47 Å². The van der Waals surface area contributed by atoms with E-state index >= 15 is 0 Å². The standard InChI is InChI=1S/C13H12N4O3S/c1-2-19-13(18)8-6-15-17-11(8)20-7-10-16-9-4-3-5-14-12(9)21-10/h3-6H,2,7H2,1H3,(H,15,17). The minimum absolute atomic E-state index is 0.232. The van der Waals surface area contributed by atoms with Crippen LogP contribution in [0.1, 0.15) is 22.3 Å². The number of nitrogens with zero attached hydrogens (tertiary/aromatic N) is 3. The Bertz CT molecular complexity index is 734. The van der Waals surface area contributed by atoms with E-state index in [1.807, 2.05) is 12.1 Å². The Labute approximate surface area is 123 Å². The van der Waals surface area contributed by atoms with E-state index in [4.69, 9.17) is 9.47 Å². The Morgan fingerprint density at radius 2 is 2.38 bits per heavy atom. The van der Waals surface area contributed by atoms with Gasteiger partial charge >= 0.3 is 5.97 Å². The molecule has 3 heterocycles. The van der Waals surface area contributed by atoms with Crippen molar-refractivity contribution >= 4 is 27.7 Å². The number of nitrogens with one attached hydrogen (secondary N) is 1. The van der Waals surface area contributed by atoms with Gasteiger partial charge in [-0.1, -0.05) is 11.3 Å². The number of hydrogen-bond donors (Lipinski definition) is 1. The Morgan fingerprint density at radius 1 is 1.48 bits per heavy atom. The van der Waals surface area contributed by atoms with E-state index in [9.17, 15) is 4.79 Å². The number of esters is 1. The molecule has 0 aliphatic heterocycles. The fourth-order valence-corrected chi connectivity index (χ4v) is 2.57. The molecule has 0 saturated heterocycles. The van der Waals surface area contributed by atoms with Crippen molar-refractivity contribution in [3.63, 3.8) is 0 Å². The zero-order chi connectivity index (χ0) is 14.7. The second-order valence-corrected chi connectivity index (χ2v) is 5.12. The lowest BCUT2D eigenvalue weighted by Crippen LogP contribution is -2.06. The number of rotatable bonds is 5. The predicted molar refractivity (Wildman–Crippen MR) is 76.3 cm³/mol. The summed E-state index contributed by atoms with van der Waals surface area (Å²) < 4.78 is 10.5. The summed E-state index contributed by atoms with van der Waals surface area (Å²) in [5.74, 6) is -0.187. The van der Waals surface area contributed by atoms with E-state index in [-0.39, 0.29) is 18.1 Å². The molecule has 0 saturated carbocycles. The third kappa shape index (κ3) is 2.84. The first-order valence-electron chi connectivity index (χ1n) is 6.31. The lowest BCUT2D eigenvalue weighted by molar-refractivity contribution is 0.0521. The summed E-state index contributed by atoms with van der Waals surface area (Å²) in [5.41, 5.74) is 1.10. The summed E-state index contributed by atoms with van der Waals surface area (Å²) in [4.78, 5) is 21.2. The number of aromatic amines is 1. The summed E-state index contributed by atoms with van der Waals surface area (Å²) in [5, 5.41) is 7.21. The Balaban J connectivity index is 1.73. The first-order chi connectivity index (χ1) is 10.3. The SMILES string of the molecule is CCOC(=O)c1cn[nH]c1OCc1nc2cccnc2s1. The van der Waals surface area contributed by atoms with Crippen LogP contribution in [0.3, 0.4) is 0 Å². The van der Waals surface area contributed by atoms with E-state index < -0.39 is 5.97 Å². The molecule has 0 radical (unpaired) electrons. The molecule has 0 aromatic carbocycles. The van der Waals surface area contributed by atoms with Crippen LogP contribution in [0.25, 0.3) is 10.3 Å². The number of pyridine rings is 1. The Kier molecular flexibility index (Phi) is 3.78. The summed E-state index contributed by atoms with van der Waals surface area (Å²) >= 11 is 1.45. The van der Waals surface area contributed by atoms with E-state index in [0.29, 0.717) is 6.61 Å². The zero-order valence-electron chi connectivity index (χ0n) is 11.2. The van der Waals surface area contributed by atoms with Crippen molar-refractivity contribution in [3.05, 3.63) is 35.1 Å². The van der Waals surface area contributed by atoms with Crippen molar-refractivity contribution in [1.82, 2.24) is 20.2 Å². The number of hydrogen-bond acceptors (Lipinski definition) is 7. The summed E-state index contributed by atoms with van der Waals surface area (Å²) in [7, 11) is 0. The average molecular weight is 304 g/mol. The number of carbonyl (C=O) groups excluding carboxylic acids is 1. The van der Waals surface area contributed by atoms with Gasteiger partial charge in [-0.15, -0.1) is 0 Å². The first-order valence-corrected chi connectivity index (χ1v) is 7.13. The molecule has 7 nitrogen and oxygen atoms in total. The molecule has 3 aromatic heterocycles. The van der Waals surface area contributed by atoms with Crippen molar-refractivity contribution in [2.45, 2.75) is 13.5 Å². The normalized spacial score (nSPS) is 10.7. The maximum absolute atomic E-state index is 11.7. The molecule has 0 unspecified atom stereocenters. The summed E-state index contributed by atoms with van der Waals surface area (Å²) in [6, 6.07) is 3.73. The molecule has 21 heavy (non-hydrogen) atoms. The highest BCUT2D eigenvalue weighted by Gasteiger charge is 2.16. The Hall–Kier alpha value is -2.48. The van der Waals surface area contributed by atoms with E-state index in [0.717, 1.165) is 15.4 Å². The molecular formula is C13H12N4O3S. The van der Waals surface area contributed by atoms with Crippen molar-refractivity contribution in [1.29, 1.82) is 0 Å². The fourth-order valence-electron chi connectivity index (χ4n) is 1.75. The Morgan fingerprint density at radius 3 is 3.19 bits per heavy atom. The largest absolute Gasteiger partial charge is 0.470 e. The number of fused-ring (bicyclic) bond motifs is 1. The van der Waals surface area contributed by atoms with Gasteiger partial charge in [0.25, 0.3) is 0 Å². The molecular weight excluding hydrogens is 292 g/mol. The van der Waals surface area contributed by atoms with Crippen LogP contribution < -0.4 is 4.74 Å². The number of aromatic nitrogens is 4. The average Bonchev–Trinajstić information content (AvgIpc) is 3.11. The van der Waals surface area contributed by atoms with Crippen molar-refractivity contribution < 1.29 is 14.3 Å². The molecule has 3 rings (SSSR count). The van der Waals surface area contributed by atoms with E-state index in [1.54, 1.807) is 13.1 Å². The van der Waals surface area contributed by atoms with Crippen molar-refractivity contribution in [2.75, 3.05) is 6.61 Å². The highest BCUT2D eigenvalue weighted by molar-refractivity contribution is 7.18. The van der Waals surface area contributed by atoms with Crippen molar-refractivity contribution in [3.8, 4) is 5.88 Å². The molecule has 3 aromatic rings. The van der Waals surface area contributed by atoms with Gasteiger partial charge in [0.15, 0.2) is 0 Å². The third-order valence-corrected chi connectivity index (χ3v) is 3.60. The van der Waals surface area contributed by atoms with Crippen LogP contribution in [0.15, 0.2) is 24.5 Å². The molecule has 0 aliphatic carbocycles. The molecule has 0 atom stereocenters. The fraction of sp³-hybridized carbons (Fsp3) is 0.231. The predicted octanol–water partition coefficient (Wildman–Crippen LogP) is 2.17. The van der Waals surface area contributed by atoms with Crippen LogP contribution in [0.2, 0.25) is 0 Å². The molecule has 1 N–H and O–H groups in total. The van der Waals surface area contributed by atoms with E-state index in [2.05, 4.69) is 20.2 Å². The highest BCUT2D eigenvalue weighted by Crippen LogP contribution is 2.22. The van der Waals surface area contributed by atoms with Gasteiger partial charge in [0.05, 0.1) is 12.8 Å². The van der Waals surface area contributed by atoms with Gasteiger partial charge in [-0.2, -0.15) is 5.10 Å². The molecule has 0 amide bonds. The second-order valence-electron chi connectivity index (χ2n) is 4.06. The first kappa shape index (κ1) is 13.5. The topological polar surface area (TPSA) is 90.0 Å². The zero-order valence-corrected chi connectivity index (χ0v) is 12.0. The molecule has 0 aliphatic rings. The van der Waals surface area contributed by atoms with Gasteiger partial charge in [0.2, 0.25) is 5.88 Å². The van der Waals surface area contributed by atoms with Crippen LogP contribution in [-0.4, -0.2) is 32.7 Å². The lowest BCUT2D eigenvalue weighted by Gasteiger charge is -2.04.